The van der Waals surface area contributed by atoms with Gasteiger partial charge in [0.2, 0.25) is 12.3 Å². The first-order chi connectivity index (χ1) is 25.8. The lowest BCUT2D eigenvalue weighted by molar-refractivity contribution is -0.156. The van der Waals surface area contributed by atoms with E-state index in [4.69, 9.17) is 28.4 Å². The highest BCUT2D eigenvalue weighted by Crippen LogP contribution is 2.25. The van der Waals surface area contributed by atoms with Gasteiger partial charge in [0, 0.05) is 50.3 Å². The number of imide groups is 2. The molecular weight excluding hydrogens is 706 g/mol. The number of amides is 5. The van der Waals surface area contributed by atoms with E-state index >= 15 is 0 Å². The fraction of sp³-hybridized carbons (Fsp3) is 0.658. The van der Waals surface area contributed by atoms with Crippen molar-refractivity contribution in [2.24, 2.45) is 5.41 Å². The fourth-order valence-electron chi connectivity index (χ4n) is 4.52. The van der Waals surface area contributed by atoms with Gasteiger partial charge in [-0.05, 0) is 39.8 Å². The second-order valence-electron chi connectivity index (χ2n) is 12.2. The highest BCUT2D eigenvalue weighted by molar-refractivity contribution is 6.13. The standard InChI is InChI=1S/C34H51N3O13.2C2H6/c1-6-8-29(41)36(27-39)24-34(23-35(5)28(40)9-7-13-38,25-37-30(42)10-11-31(37)43)26-49-22-21-48-20-19-47-18-17-46-16-15-45-14-12-32(44)50-33(2,3)4;2*1-2/h6-11,13,27H,12,14-26H2,1-5H3;2*1-2H3/b8-6-,9-7-;;. The normalized spacial score (nSPS) is 13.5. The molecule has 0 radical (unpaired) electrons. The molecule has 0 aliphatic carbocycles. The summed E-state index contributed by atoms with van der Waals surface area (Å²) in [6.07, 6.45) is 7.84. The van der Waals surface area contributed by atoms with Crippen LogP contribution in [0.1, 0.15) is 61.8 Å². The van der Waals surface area contributed by atoms with Gasteiger partial charge in [0.05, 0.1) is 72.5 Å². The van der Waals surface area contributed by atoms with Gasteiger partial charge in [-0.15, -0.1) is 0 Å². The molecule has 0 bridgehead atoms. The molecule has 0 spiro atoms. The minimum atomic E-state index is -1.32. The van der Waals surface area contributed by atoms with E-state index in [1.165, 1.54) is 24.1 Å². The fourth-order valence-corrected chi connectivity index (χ4v) is 4.52. The molecule has 16 heteroatoms. The van der Waals surface area contributed by atoms with Crippen molar-refractivity contribution in [3.63, 3.8) is 0 Å². The SMILES string of the molecule is C/C=C\C(=O)N(C=O)CC(COCCOCCOCCOCCOCCC(=O)OC(C)(C)C)(CN(C)C(=O)/C=C\C=O)CN1C(=O)C=CC1=O.CC.CC. The number of hydrogen-bond donors (Lipinski definition) is 0. The molecule has 1 rings (SSSR count). The van der Waals surface area contributed by atoms with Crippen molar-refractivity contribution < 1.29 is 62.0 Å². The molecule has 1 aliphatic heterocycles. The number of nitrogens with zero attached hydrogens (tertiary/aromatic N) is 3. The van der Waals surface area contributed by atoms with Gasteiger partial charge in [-0.2, -0.15) is 0 Å². The number of hydrogen-bond acceptors (Lipinski definition) is 13. The van der Waals surface area contributed by atoms with Crippen LogP contribution < -0.4 is 0 Å². The molecule has 1 heterocycles. The summed E-state index contributed by atoms with van der Waals surface area (Å²) in [6.45, 7) is 16.4. The zero-order chi connectivity index (χ0) is 41.4. The van der Waals surface area contributed by atoms with Gasteiger partial charge in [-0.3, -0.25) is 43.4 Å². The maximum atomic E-state index is 12.7. The lowest BCUT2D eigenvalue weighted by Crippen LogP contribution is -2.56. The van der Waals surface area contributed by atoms with Crippen molar-refractivity contribution in [3.8, 4) is 0 Å². The average molecular weight is 770 g/mol. The number of aldehydes is 1. The van der Waals surface area contributed by atoms with E-state index in [-0.39, 0.29) is 71.7 Å². The van der Waals surface area contributed by atoms with Crippen LogP contribution in [0.15, 0.2) is 36.5 Å². The Morgan fingerprint density at radius 2 is 1.20 bits per heavy atom. The van der Waals surface area contributed by atoms with Crippen molar-refractivity contribution in [2.75, 3.05) is 92.8 Å². The van der Waals surface area contributed by atoms with Crippen LogP contribution in [0.4, 0.5) is 0 Å². The molecule has 5 amide bonds. The quantitative estimate of drug-likeness (QED) is 0.0391. The minimum Gasteiger partial charge on any atom is -0.460 e. The molecule has 1 atom stereocenters. The summed E-state index contributed by atoms with van der Waals surface area (Å²) in [6, 6.07) is 0. The molecule has 16 nitrogen and oxygen atoms in total. The third-order valence-corrected chi connectivity index (χ3v) is 6.65. The Morgan fingerprint density at radius 3 is 1.65 bits per heavy atom. The first kappa shape index (κ1) is 52.0. The Bertz CT molecular complexity index is 1200. The van der Waals surface area contributed by atoms with Crippen LogP contribution in [-0.2, 0) is 62.0 Å². The predicted molar refractivity (Wildman–Crippen MR) is 201 cm³/mol. The van der Waals surface area contributed by atoms with Crippen LogP contribution in [0.3, 0.4) is 0 Å². The highest BCUT2D eigenvalue weighted by atomic mass is 16.6. The number of carbonyl (C=O) groups excluding carboxylic acids is 7. The van der Waals surface area contributed by atoms with Crippen molar-refractivity contribution in [1.82, 2.24) is 14.7 Å². The van der Waals surface area contributed by atoms with Gasteiger partial charge >= 0.3 is 5.97 Å². The molecule has 0 N–H and O–H groups in total. The van der Waals surface area contributed by atoms with Crippen molar-refractivity contribution in [3.05, 3.63) is 36.5 Å². The molecule has 0 aromatic heterocycles. The monoisotopic (exact) mass is 769 g/mol. The van der Waals surface area contributed by atoms with Crippen LogP contribution in [0, 0.1) is 5.41 Å². The molecule has 0 aromatic rings. The molecular formula is C38H63N3O13. The van der Waals surface area contributed by atoms with E-state index in [2.05, 4.69) is 0 Å². The number of esters is 1. The maximum Gasteiger partial charge on any atom is 0.308 e. The molecule has 0 saturated heterocycles. The largest absolute Gasteiger partial charge is 0.460 e. The summed E-state index contributed by atoms with van der Waals surface area (Å²) >= 11 is 0. The van der Waals surface area contributed by atoms with Crippen molar-refractivity contribution in [1.29, 1.82) is 0 Å². The zero-order valence-corrected chi connectivity index (χ0v) is 33.7. The number of rotatable bonds is 27. The predicted octanol–water partition coefficient (Wildman–Crippen LogP) is 2.54. The molecule has 0 saturated carbocycles. The van der Waals surface area contributed by atoms with Gasteiger partial charge in [0.1, 0.15) is 11.9 Å². The average Bonchev–Trinajstić information content (AvgIpc) is 3.45. The minimum absolute atomic E-state index is 0.0610. The highest BCUT2D eigenvalue weighted by Gasteiger charge is 2.41. The van der Waals surface area contributed by atoms with E-state index in [1.807, 2.05) is 27.7 Å². The first-order valence-electron chi connectivity index (χ1n) is 18.2. The smallest absolute Gasteiger partial charge is 0.308 e. The molecule has 54 heavy (non-hydrogen) atoms. The molecule has 0 fully saturated rings. The molecule has 1 unspecified atom stereocenters. The van der Waals surface area contributed by atoms with Crippen LogP contribution >= 0.6 is 0 Å². The topological polar surface area (TPSA) is 185 Å². The van der Waals surface area contributed by atoms with Gasteiger partial charge < -0.3 is 33.3 Å². The van der Waals surface area contributed by atoms with E-state index in [0.29, 0.717) is 39.1 Å². The summed E-state index contributed by atoms with van der Waals surface area (Å²) in [5.41, 5.74) is -1.85. The van der Waals surface area contributed by atoms with Crippen molar-refractivity contribution >= 4 is 42.3 Å². The zero-order valence-electron chi connectivity index (χ0n) is 33.7. The molecule has 308 valence electrons. The second-order valence-corrected chi connectivity index (χ2v) is 12.2. The van der Waals surface area contributed by atoms with Crippen LogP contribution in [-0.4, -0.2) is 155 Å². The second kappa shape index (κ2) is 31.3. The number of likely N-dealkylation sites (N-methyl/N-ethyl adjacent to an activating group) is 1. The summed E-state index contributed by atoms with van der Waals surface area (Å²) in [5, 5.41) is 0. The third-order valence-electron chi connectivity index (χ3n) is 6.65. The van der Waals surface area contributed by atoms with E-state index < -0.39 is 34.6 Å². The summed E-state index contributed by atoms with van der Waals surface area (Å²) in [7, 11) is 1.44. The number of allylic oxidation sites excluding steroid dienone is 2. The maximum absolute atomic E-state index is 12.7. The third kappa shape index (κ3) is 24.3. The van der Waals surface area contributed by atoms with Gasteiger partial charge in [0.15, 0.2) is 0 Å². The summed E-state index contributed by atoms with van der Waals surface area (Å²) in [4.78, 5) is 87.8. The Labute approximate surface area is 320 Å². The van der Waals surface area contributed by atoms with Crippen LogP contribution in [0.25, 0.3) is 0 Å². The lowest BCUT2D eigenvalue weighted by atomic mass is 9.86. The van der Waals surface area contributed by atoms with Crippen molar-refractivity contribution in [2.45, 2.75) is 67.4 Å². The Kier molecular flexibility index (Phi) is 30.1. The van der Waals surface area contributed by atoms with Crippen LogP contribution in [0.2, 0.25) is 0 Å². The first-order valence-corrected chi connectivity index (χ1v) is 18.2. The summed E-state index contributed by atoms with van der Waals surface area (Å²) < 4.78 is 32.9. The Morgan fingerprint density at radius 1 is 0.722 bits per heavy atom. The van der Waals surface area contributed by atoms with Crippen LogP contribution in [0.5, 0.6) is 0 Å². The summed E-state index contributed by atoms with van der Waals surface area (Å²) in [5.74, 6) is -2.71. The molecule has 1 aliphatic rings. The number of carbonyl (C=O) groups is 7. The Hall–Kier alpha value is -4.09. The lowest BCUT2D eigenvalue weighted by Gasteiger charge is -2.40. The van der Waals surface area contributed by atoms with Gasteiger partial charge in [-0.25, -0.2) is 0 Å². The van der Waals surface area contributed by atoms with Gasteiger partial charge in [-0.1, -0.05) is 33.8 Å². The van der Waals surface area contributed by atoms with E-state index in [9.17, 15) is 33.6 Å². The Balaban J connectivity index is 0. The number of ether oxygens (including phenoxy) is 6. The van der Waals surface area contributed by atoms with E-state index in [0.717, 1.165) is 34.1 Å². The van der Waals surface area contributed by atoms with Gasteiger partial charge in [0.25, 0.3) is 17.7 Å². The molecule has 0 aromatic carbocycles. The van der Waals surface area contributed by atoms with E-state index in [1.54, 1.807) is 27.7 Å².